The highest BCUT2D eigenvalue weighted by molar-refractivity contribution is 7.99. The molecule has 4 rings (SSSR count). The van der Waals surface area contributed by atoms with Crippen molar-refractivity contribution in [1.29, 1.82) is 0 Å². The third kappa shape index (κ3) is 6.47. The molecule has 2 N–H and O–H groups in total. The first-order valence-corrected chi connectivity index (χ1v) is 13.3. The minimum Gasteiger partial charge on any atom is -0.392 e. The standard InChI is InChI=1S/C27H39NO2S/c1-20-6-4-7-21(14-20)16-24(29)8-9-25-26-17-22(15-23(26)18-27(25)30)19-31-13-5-12-28-10-2-3-11-28/h4,6-9,14-15,23-27,29-30H,2-3,5,10-13,16-19H2,1H3/b9-8+/t23-,24-,25+,26-,27+/m0/s1. The van der Waals surface area contributed by atoms with Crippen LogP contribution in [0.1, 0.15) is 43.2 Å². The molecule has 4 heteroatoms. The number of aryl methyl sites for hydroxylation is 1. The van der Waals surface area contributed by atoms with Crippen LogP contribution in [0.25, 0.3) is 0 Å². The Labute approximate surface area is 192 Å². The molecular weight excluding hydrogens is 402 g/mol. The lowest BCUT2D eigenvalue weighted by Gasteiger charge is -2.19. The van der Waals surface area contributed by atoms with Crippen LogP contribution in [0.2, 0.25) is 0 Å². The molecule has 1 saturated heterocycles. The van der Waals surface area contributed by atoms with Gasteiger partial charge in [-0.05, 0) is 81.8 Å². The van der Waals surface area contributed by atoms with Crippen LogP contribution in [0.4, 0.5) is 0 Å². The first-order valence-electron chi connectivity index (χ1n) is 12.2. The Hall–Kier alpha value is -1.07. The highest BCUT2D eigenvalue weighted by atomic mass is 32.2. The lowest BCUT2D eigenvalue weighted by molar-refractivity contribution is 0.140. The van der Waals surface area contributed by atoms with Gasteiger partial charge in [0.1, 0.15) is 0 Å². The molecule has 3 nitrogen and oxygen atoms in total. The first-order chi connectivity index (χ1) is 15.1. The van der Waals surface area contributed by atoms with Crippen molar-refractivity contribution in [2.75, 3.05) is 31.1 Å². The van der Waals surface area contributed by atoms with E-state index in [9.17, 15) is 10.2 Å². The maximum atomic E-state index is 10.6. The van der Waals surface area contributed by atoms with E-state index in [-0.39, 0.29) is 12.0 Å². The monoisotopic (exact) mass is 441 g/mol. The molecule has 1 aliphatic heterocycles. The normalized spacial score (nSPS) is 29.6. The minimum atomic E-state index is -0.493. The molecule has 1 aromatic carbocycles. The van der Waals surface area contributed by atoms with Crippen molar-refractivity contribution in [3.05, 3.63) is 59.2 Å². The Morgan fingerprint density at radius 3 is 2.90 bits per heavy atom. The van der Waals surface area contributed by atoms with Crippen molar-refractivity contribution in [2.24, 2.45) is 17.8 Å². The summed E-state index contributed by atoms with van der Waals surface area (Å²) in [6.45, 7) is 5.95. The maximum absolute atomic E-state index is 10.6. The van der Waals surface area contributed by atoms with E-state index in [0.29, 0.717) is 18.3 Å². The fourth-order valence-electron chi connectivity index (χ4n) is 5.72. The van der Waals surface area contributed by atoms with E-state index < -0.39 is 6.10 Å². The molecule has 1 aromatic rings. The molecule has 0 aromatic heterocycles. The summed E-state index contributed by atoms with van der Waals surface area (Å²) < 4.78 is 0. The molecule has 5 atom stereocenters. The molecule has 0 unspecified atom stereocenters. The van der Waals surface area contributed by atoms with Gasteiger partial charge in [0.15, 0.2) is 0 Å². The molecule has 170 valence electrons. The van der Waals surface area contributed by atoms with E-state index in [0.717, 1.165) is 24.2 Å². The summed E-state index contributed by atoms with van der Waals surface area (Å²) in [5, 5.41) is 21.1. The summed E-state index contributed by atoms with van der Waals surface area (Å²) in [7, 11) is 0. The Balaban J connectivity index is 1.20. The van der Waals surface area contributed by atoms with Crippen LogP contribution in [0, 0.1) is 24.7 Å². The molecular formula is C27H39NO2S. The summed E-state index contributed by atoms with van der Waals surface area (Å²) in [4.78, 5) is 2.60. The average molecular weight is 442 g/mol. The molecule has 0 amide bonds. The number of likely N-dealkylation sites (tertiary alicyclic amines) is 1. The van der Waals surface area contributed by atoms with Gasteiger partial charge in [-0.2, -0.15) is 11.8 Å². The number of allylic oxidation sites excluding steroid dienone is 1. The first kappa shape index (κ1) is 23.1. The largest absolute Gasteiger partial charge is 0.392 e. The molecule has 0 spiro atoms. The quantitative estimate of drug-likeness (QED) is 0.411. The lowest BCUT2D eigenvalue weighted by Crippen LogP contribution is -2.20. The van der Waals surface area contributed by atoms with Gasteiger partial charge in [-0.1, -0.05) is 53.6 Å². The molecule has 0 radical (unpaired) electrons. The molecule has 2 fully saturated rings. The van der Waals surface area contributed by atoms with Gasteiger partial charge in [0, 0.05) is 18.1 Å². The second kappa shape index (κ2) is 11.2. The Bertz CT molecular complexity index is 770. The van der Waals surface area contributed by atoms with Gasteiger partial charge < -0.3 is 15.1 Å². The van der Waals surface area contributed by atoms with Crippen LogP contribution in [0.15, 0.2) is 48.1 Å². The number of fused-ring (bicyclic) bond motifs is 1. The molecule has 3 aliphatic rings. The molecule has 1 saturated carbocycles. The molecule has 31 heavy (non-hydrogen) atoms. The molecule has 0 bridgehead atoms. The van der Waals surface area contributed by atoms with Crippen LogP contribution >= 0.6 is 11.8 Å². The summed E-state index contributed by atoms with van der Waals surface area (Å²) >= 11 is 2.08. The molecule has 1 heterocycles. The minimum absolute atomic E-state index is 0.172. The van der Waals surface area contributed by atoms with Gasteiger partial charge in [-0.15, -0.1) is 0 Å². The van der Waals surface area contributed by atoms with Gasteiger partial charge in [0.05, 0.1) is 12.2 Å². The van der Waals surface area contributed by atoms with Crippen LogP contribution in [0.3, 0.4) is 0 Å². The summed E-state index contributed by atoms with van der Waals surface area (Å²) in [6.07, 6.45) is 12.4. The van der Waals surface area contributed by atoms with Crippen molar-refractivity contribution in [3.8, 4) is 0 Å². The number of aliphatic hydroxyl groups is 2. The predicted octanol–water partition coefficient (Wildman–Crippen LogP) is 4.62. The number of benzene rings is 1. The van der Waals surface area contributed by atoms with Gasteiger partial charge in [0.25, 0.3) is 0 Å². The number of hydrogen-bond acceptors (Lipinski definition) is 4. The van der Waals surface area contributed by atoms with E-state index in [2.05, 4.69) is 53.9 Å². The van der Waals surface area contributed by atoms with Crippen LogP contribution in [-0.2, 0) is 6.42 Å². The number of nitrogens with zero attached hydrogens (tertiary/aromatic N) is 1. The zero-order chi connectivity index (χ0) is 21.6. The smallest absolute Gasteiger partial charge is 0.0761 e. The number of hydrogen-bond donors (Lipinski definition) is 2. The highest BCUT2D eigenvalue weighted by Crippen LogP contribution is 2.47. The van der Waals surface area contributed by atoms with Crippen molar-refractivity contribution in [2.45, 2.75) is 57.7 Å². The fraction of sp³-hybridized carbons (Fsp3) is 0.630. The highest BCUT2D eigenvalue weighted by Gasteiger charge is 2.43. The van der Waals surface area contributed by atoms with Crippen molar-refractivity contribution >= 4 is 11.8 Å². The van der Waals surface area contributed by atoms with E-state index in [1.807, 2.05) is 12.1 Å². The van der Waals surface area contributed by atoms with E-state index in [4.69, 9.17) is 0 Å². The lowest BCUT2D eigenvalue weighted by atomic mass is 9.89. The second-order valence-corrected chi connectivity index (χ2v) is 10.9. The van der Waals surface area contributed by atoms with Crippen LogP contribution in [0.5, 0.6) is 0 Å². The van der Waals surface area contributed by atoms with Gasteiger partial charge in [0.2, 0.25) is 0 Å². The maximum Gasteiger partial charge on any atom is 0.0761 e. The predicted molar refractivity (Wildman–Crippen MR) is 131 cm³/mol. The van der Waals surface area contributed by atoms with Crippen molar-refractivity contribution in [3.63, 3.8) is 0 Å². The third-order valence-corrected chi connectivity index (χ3v) is 8.43. The second-order valence-electron chi connectivity index (χ2n) is 9.84. The Kier molecular flexibility index (Phi) is 8.33. The SMILES string of the molecule is Cc1cccc(C[C@@H](O)/C=C/[C@@H]2[C@H]3CC(CSCCCN4CCCC4)=C[C@H]3C[C@H]2O)c1. The Morgan fingerprint density at radius 2 is 2.10 bits per heavy atom. The van der Waals surface area contributed by atoms with Gasteiger partial charge in [-0.3, -0.25) is 0 Å². The number of rotatable bonds is 10. The van der Waals surface area contributed by atoms with E-state index in [1.165, 1.54) is 50.2 Å². The van der Waals surface area contributed by atoms with Crippen molar-refractivity contribution < 1.29 is 10.2 Å². The zero-order valence-electron chi connectivity index (χ0n) is 19.0. The fourth-order valence-corrected chi connectivity index (χ4v) is 6.67. The van der Waals surface area contributed by atoms with Crippen molar-refractivity contribution in [1.82, 2.24) is 4.90 Å². The van der Waals surface area contributed by atoms with Gasteiger partial charge >= 0.3 is 0 Å². The van der Waals surface area contributed by atoms with Gasteiger partial charge in [-0.25, -0.2) is 0 Å². The molecule has 2 aliphatic carbocycles. The van der Waals surface area contributed by atoms with E-state index in [1.54, 1.807) is 5.57 Å². The average Bonchev–Trinajstić information content (AvgIpc) is 3.43. The number of thioether (sulfide) groups is 1. The summed E-state index contributed by atoms with van der Waals surface area (Å²) in [5.41, 5.74) is 3.96. The van der Waals surface area contributed by atoms with Crippen LogP contribution in [-0.4, -0.2) is 58.5 Å². The summed E-state index contributed by atoms with van der Waals surface area (Å²) in [5.74, 6) is 3.60. The van der Waals surface area contributed by atoms with Crippen LogP contribution < -0.4 is 0 Å². The van der Waals surface area contributed by atoms with E-state index >= 15 is 0 Å². The number of aliphatic hydroxyl groups excluding tert-OH is 2. The Morgan fingerprint density at radius 1 is 1.26 bits per heavy atom. The zero-order valence-corrected chi connectivity index (χ0v) is 19.8. The third-order valence-electron chi connectivity index (χ3n) is 7.28. The topological polar surface area (TPSA) is 43.7 Å². The summed E-state index contributed by atoms with van der Waals surface area (Å²) in [6, 6.07) is 8.33.